The monoisotopic (exact) mass is 1490 g/mol. The van der Waals surface area contributed by atoms with Gasteiger partial charge >= 0.3 is 11.9 Å². The summed E-state index contributed by atoms with van der Waals surface area (Å²) in [6.07, 6.45) is 1.45. The van der Waals surface area contributed by atoms with E-state index in [-0.39, 0.29) is 57.0 Å². The van der Waals surface area contributed by atoms with Crippen molar-refractivity contribution in [2.24, 2.45) is 47.3 Å². The van der Waals surface area contributed by atoms with Crippen LogP contribution in [0.5, 0.6) is 0 Å². The van der Waals surface area contributed by atoms with Crippen LogP contribution < -0.4 is 32.4 Å². The highest BCUT2D eigenvalue weighted by atomic mass is 16.6. The average molecular weight is 1500 g/mol. The van der Waals surface area contributed by atoms with Gasteiger partial charge < -0.3 is 65.6 Å². The normalized spacial score (nSPS) is 25.6. The molecule has 29 heteroatoms. The Balaban J connectivity index is 0.000000708. The lowest BCUT2D eigenvalue weighted by molar-refractivity contribution is -0.163. The van der Waals surface area contributed by atoms with Crippen molar-refractivity contribution in [3.8, 4) is 11.5 Å². The van der Waals surface area contributed by atoms with Crippen LogP contribution >= 0.6 is 0 Å². The standard InChI is InChI=1S/C64H88N10O16.C15H14O3/c1-27(2)44-53(78)35-19-17-21-37(35)61(84)71(13)25-40(75)73(15)50(29(5)6)63(86)88-33(11)46(59(82)67-44)69-57(80)39-24-23-31(9)55-48(39)66-49-42(43(65)52(77)32(10)56(49)90-55)58(81)70-47-34(12)89-64(87)51(30(7)8)74(16)41(76)26-72(14)62(85)38-22-18-20-36(38)54(79)45(28(3)4)68-60(47)83;1-9(2)7-8-12-13(16)10-5-3-4-6-11(10)14(17)15(12)18/h23-24,27-30,33-38,44-47,50-51H,17-22,25-26,65H2,1-16H3,(H,67,82)(H,68,83)(H,69,80)(H,70,81);3-7,16H,8H2,1-2H3. The van der Waals surface area contributed by atoms with Gasteiger partial charge in [-0.2, -0.15) is 0 Å². The molecule has 7 N–H and O–H groups in total. The van der Waals surface area contributed by atoms with Gasteiger partial charge in [-0.1, -0.05) is 110 Å². The number of hydrogen-bond donors (Lipinski definition) is 6. The second-order valence-corrected chi connectivity index (χ2v) is 30.8. The predicted octanol–water partition coefficient (Wildman–Crippen LogP) is 5.79. The Labute approximate surface area is 627 Å². The van der Waals surface area contributed by atoms with Crippen molar-refractivity contribution in [3.63, 3.8) is 0 Å². The molecule has 2 saturated carbocycles. The summed E-state index contributed by atoms with van der Waals surface area (Å²) in [5.74, 6) is -16.1. The molecule has 3 aliphatic heterocycles. The van der Waals surface area contributed by atoms with Crippen molar-refractivity contribution < 1.29 is 86.1 Å². The van der Waals surface area contributed by atoms with Crippen LogP contribution in [0.3, 0.4) is 0 Å². The number of nitrogen functional groups attached to an aromatic ring is 1. The molecule has 3 heterocycles. The van der Waals surface area contributed by atoms with Crippen molar-refractivity contribution in [2.75, 3.05) is 47.0 Å². The van der Waals surface area contributed by atoms with E-state index < -0.39 is 208 Å². The van der Waals surface area contributed by atoms with Gasteiger partial charge in [-0.25, -0.2) is 14.6 Å². The van der Waals surface area contributed by atoms with Crippen LogP contribution in [0.25, 0.3) is 28.3 Å². The number of aliphatic hydroxyl groups is 1. The number of ether oxygens (including phenoxy) is 2. The molecule has 2 saturated heterocycles. The number of anilines is 1. The van der Waals surface area contributed by atoms with E-state index in [9.17, 15) is 67.4 Å². The number of nitrogens with one attached hydrogen (secondary N) is 4. The molecular formula is C79H102N10O19. The quantitative estimate of drug-likeness (QED) is 0.0359. The molecule has 0 radical (unpaired) electrons. The van der Waals surface area contributed by atoms with Crippen LogP contribution in [0, 0.1) is 61.2 Å². The molecule has 7 aliphatic rings. The number of carbonyl (C=O) groups is 14. The summed E-state index contributed by atoms with van der Waals surface area (Å²) >= 11 is 0. The van der Waals surface area contributed by atoms with Crippen LogP contribution in [0.2, 0.25) is 0 Å². The van der Waals surface area contributed by atoms with E-state index >= 15 is 9.59 Å². The fourth-order valence-electron chi connectivity index (χ4n) is 15.1. The number of Topliss-reactive ketones (excluding diaryl/α,β-unsaturated/α-hetero) is 4. The van der Waals surface area contributed by atoms with Crippen LogP contribution in [0.1, 0.15) is 176 Å². The molecule has 582 valence electrons. The molecule has 29 nitrogen and oxygen atoms in total. The SMILES string of the molecule is CC(C)=CCC1=C(O)c2ccccc2C(=O)C1=O.Cc1c2oc3c(C)ccc(C(=O)NC4C(=O)NC(C(C)C)C(=O)C5CCCC5C(=O)N(C)CC(=O)N(C)C(C(C)C)C(=O)OC4C)c3nc-2c(C(=O)NC2C(=O)NC(C(C)C)C(=O)C3CCCC3C(=O)N(C)CC(=O)N(C)C(C(C)C)C(=O)OC2C)c(N)c1=O. The third-order valence-corrected chi connectivity index (χ3v) is 21.3. The fraction of sp³-hybridized carbons (Fsp3) is 0.544. The van der Waals surface area contributed by atoms with Crippen molar-refractivity contribution in [2.45, 2.75) is 190 Å². The number of aliphatic hydroxyl groups excluding tert-OH is 1. The Kier molecular flexibility index (Phi) is 26.3. The zero-order chi connectivity index (χ0) is 80.3. The number of esters is 2. The molecule has 12 unspecified atom stereocenters. The van der Waals surface area contributed by atoms with E-state index in [1.54, 1.807) is 86.6 Å². The van der Waals surface area contributed by atoms with E-state index in [0.29, 0.717) is 49.7 Å². The molecule has 2 aromatic carbocycles. The molecule has 9 rings (SSSR count). The number of amides is 8. The predicted molar refractivity (Wildman–Crippen MR) is 397 cm³/mol. The van der Waals surface area contributed by atoms with Gasteiger partial charge in [-0.05, 0) is 109 Å². The average Bonchev–Trinajstić information content (AvgIpc) is 0.863. The number of nitrogens with zero attached hydrogens (tertiary/aromatic N) is 5. The maximum Gasteiger partial charge on any atom is 0.329 e. The first kappa shape index (κ1) is 83.2. The molecule has 4 fully saturated rings. The number of rotatable bonds is 10. The number of benzene rings is 3. The maximum atomic E-state index is 15.2. The minimum Gasteiger partial charge on any atom is -0.507 e. The summed E-state index contributed by atoms with van der Waals surface area (Å²) in [5, 5.41) is 20.9. The number of carbonyl (C=O) groups excluding carboxylic acids is 14. The number of fused-ring (bicyclic) bond motifs is 5. The van der Waals surface area contributed by atoms with Gasteiger partial charge in [0.2, 0.25) is 52.4 Å². The first-order valence-corrected chi connectivity index (χ1v) is 36.8. The van der Waals surface area contributed by atoms with Crippen molar-refractivity contribution >= 4 is 105 Å². The van der Waals surface area contributed by atoms with E-state index in [2.05, 4.69) is 21.3 Å². The van der Waals surface area contributed by atoms with E-state index in [1.807, 2.05) is 19.9 Å². The molecule has 0 aromatic heterocycles. The van der Waals surface area contributed by atoms with E-state index in [0.717, 1.165) is 15.4 Å². The Hall–Kier alpha value is -10.5. The lowest BCUT2D eigenvalue weighted by Crippen LogP contribution is -2.59. The van der Waals surface area contributed by atoms with Gasteiger partial charge in [0, 0.05) is 74.1 Å². The molecule has 4 aliphatic carbocycles. The summed E-state index contributed by atoms with van der Waals surface area (Å²) in [6, 6.07) is 0.907. The topological polar surface area (TPSA) is 408 Å². The molecule has 2 aromatic rings. The number of hydrogen-bond acceptors (Lipinski definition) is 21. The van der Waals surface area contributed by atoms with Gasteiger partial charge in [-0.15, -0.1) is 0 Å². The van der Waals surface area contributed by atoms with Crippen molar-refractivity contribution in [3.05, 3.63) is 97.2 Å². The third kappa shape index (κ3) is 17.2. The van der Waals surface area contributed by atoms with E-state index in [1.165, 1.54) is 70.9 Å². The van der Waals surface area contributed by atoms with Crippen LogP contribution in [-0.2, 0) is 62.2 Å². The third-order valence-electron chi connectivity index (χ3n) is 21.3. The number of likely N-dealkylation sites (N-methyl/N-ethyl adjacent to an activating group) is 4. The fourth-order valence-corrected chi connectivity index (χ4v) is 15.1. The Morgan fingerprint density at radius 1 is 0.620 bits per heavy atom. The summed E-state index contributed by atoms with van der Waals surface area (Å²) in [7, 11) is 5.66. The minimum absolute atomic E-state index is 0.0668. The molecule has 12 atom stereocenters. The number of allylic oxidation sites excluding steroid dienone is 3. The van der Waals surface area contributed by atoms with Gasteiger partial charge in [0.15, 0.2) is 22.9 Å². The van der Waals surface area contributed by atoms with Crippen molar-refractivity contribution in [1.29, 1.82) is 0 Å². The highest BCUT2D eigenvalue weighted by Gasteiger charge is 2.48. The van der Waals surface area contributed by atoms with Gasteiger partial charge in [0.1, 0.15) is 53.3 Å². The lowest BCUT2D eigenvalue weighted by Gasteiger charge is -2.35. The van der Waals surface area contributed by atoms with Gasteiger partial charge in [-0.3, -0.25) is 62.3 Å². The maximum absolute atomic E-state index is 15.2. The molecular weight excluding hydrogens is 1390 g/mol. The lowest BCUT2D eigenvalue weighted by atomic mass is 9.83. The highest BCUT2D eigenvalue weighted by Crippen LogP contribution is 2.39. The Morgan fingerprint density at radius 3 is 1.51 bits per heavy atom. The number of cyclic esters (lactones) is 2. The number of ketones is 4. The van der Waals surface area contributed by atoms with Crippen molar-refractivity contribution in [1.82, 2.24) is 45.9 Å². The first-order chi connectivity index (χ1) is 50.6. The number of aromatic nitrogens is 1. The van der Waals surface area contributed by atoms with Crippen LogP contribution in [0.4, 0.5) is 5.69 Å². The van der Waals surface area contributed by atoms with Crippen LogP contribution in [-0.4, -0.2) is 202 Å². The molecule has 0 bridgehead atoms. The minimum atomic E-state index is -1.86. The Bertz CT molecular complexity index is 4390. The van der Waals surface area contributed by atoms with Crippen LogP contribution in [0.15, 0.2) is 62.8 Å². The van der Waals surface area contributed by atoms with Gasteiger partial charge in [0.25, 0.3) is 11.8 Å². The smallest absolute Gasteiger partial charge is 0.329 e. The summed E-state index contributed by atoms with van der Waals surface area (Å²) < 4.78 is 18.3. The first-order valence-electron chi connectivity index (χ1n) is 36.8. The Morgan fingerprint density at radius 2 is 1.06 bits per heavy atom. The highest BCUT2D eigenvalue weighted by molar-refractivity contribution is 6.52. The number of nitrogens with two attached hydrogens (primary N) is 1. The molecule has 0 spiro atoms. The largest absolute Gasteiger partial charge is 0.507 e. The zero-order valence-electron chi connectivity index (χ0n) is 64.8. The second kappa shape index (κ2) is 34.2. The van der Waals surface area contributed by atoms with E-state index in [4.69, 9.17) is 24.6 Å². The molecule has 108 heavy (non-hydrogen) atoms. The zero-order valence-corrected chi connectivity index (χ0v) is 64.8. The number of aryl methyl sites for hydroxylation is 1. The summed E-state index contributed by atoms with van der Waals surface area (Å²) in [5.41, 5.74) is 5.61. The summed E-state index contributed by atoms with van der Waals surface area (Å²) in [4.78, 5) is 221. The van der Waals surface area contributed by atoms with Gasteiger partial charge in [0.05, 0.1) is 42.0 Å². The second-order valence-electron chi connectivity index (χ2n) is 30.8. The molecule has 8 amide bonds. The summed E-state index contributed by atoms with van der Waals surface area (Å²) in [6.45, 7) is 22.1.